The van der Waals surface area contributed by atoms with Gasteiger partial charge in [-0.3, -0.25) is 28.9 Å². The second-order valence-corrected chi connectivity index (χ2v) is 13.0. The molecule has 2 heterocycles. The molecule has 0 radical (unpaired) electrons. The number of phenolic OH excluding ortho intramolecular Hbond substituents is 2. The maximum atomic E-state index is 13.7. The predicted molar refractivity (Wildman–Crippen MR) is 175 cm³/mol. The lowest BCUT2D eigenvalue weighted by Crippen LogP contribution is -2.55. The molecule has 0 aromatic heterocycles. The molecule has 1 unspecified atom stereocenters. The first-order valence-corrected chi connectivity index (χ1v) is 16.5. The van der Waals surface area contributed by atoms with Gasteiger partial charge in [-0.2, -0.15) is 0 Å². The van der Waals surface area contributed by atoms with Crippen molar-refractivity contribution < 1.29 is 73.3 Å². The molecule has 5 atom stereocenters. The van der Waals surface area contributed by atoms with Crippen LogP contribution in [0.4, 0.5) is 0 Å². The number of aliphatic carboxylic acids is 1. The van der Waals surface area contributed by atoms with Gasteiger partial charge in [-0.05, 0) is 13.3 Å². The van der Waals surface area contributed by atoms with E-state index >= 15 is 0 Å². The molecule has 0 spiro atoms. The third-order valence-corrected chi connectivity index (χ3v) is 9.72. The molecule has 2 aromatic carbocycles. The molecule has 53 heavy (non-hydrogen) atoms. The van der Waals surface area contributed by atoms with Gasteiger partial charge in [-0.15, -0.1) is 0 Å². The maximum Gasteiger partial charge on any atom is 0.347 e. The molecule has 2 aliphatic carbocycles. The number of carboxylic acid groups (broad SMARTS) is 1. The van der Waals surface area contributed by atoms with Gasteiger partial charge in [-0.1, -0.05) is 24.3 Å². The van der Waals surface area contributed by atoms with Crippen molar-refractivity contribution in [2.24, 2.45) is 0 Å². The molecule has 2 aliphatic heterocycles. The van der Waals surface area contributed by atoms with Crippen LogP contribution in [0.2, 0.25) is 0 Å². The average molecular weight is 735 g/mol. The number of hydrogen-bond donors (Lipinski definition) is 6. The number of esters is 1. The highest BCUT2D eigenvalue weighted by molar-refractivity contribution is 6.30. The molecule has 1 saturated heterocycles. The lowest BCUT2D eigenvalue weighted by molar-refractivity contribution is -0.238. The topological polar surface area (TPSA) is 264 Å². The Labute approximate surface area is 300 Å². The number of Topliss-reactive ketones (excluding diaryl/α,β-unsaturated/α-hetero) is 1. The number of aliphatic hydroxyl groups excluding tert-OH is 2. The van der Waals surface area contributed by atoms with Crippen LogP contribution in [0.5, 0.6) is 11.5 Å². The largest absolute Gasteiger partial charge is 0.507 e. The lowest BCUT2D eigenvalue weighted by atomic mass is 9.70. The fourth-order valence-corrected chi connectivity index (χ4v) is 6.85. The number of carbonyl (C=O) groups excluding carboxylic acids is 6. The number of nitrogens with zero attached hydrogens (tertiary/aromatic N) is 1. The zero-order chi connectivity index (χ0) is 38.4. The van der Waals surface area contributed by atoms with Gasteiger partial charge in [0.15, 0.2) is 29.2 Å². The summed E-state index contributed by atoms with van der Waals surface area (Å²) in [7, 11) is 0. The zero-order valence-corrected chi connectivity index (χ0v) is 28.1. The van der Waals surface area contributed by atoms with Gasteiger partial charge in [-0.25, -0.2) is 9.59 Å². The van der Waals surface area contributed by atoms with Crippen molar-refractivity contribution in [1.29, 1.82) is 0 Å². The monoisotopic (exact) mass is 734 g/mol. The Bertz CT molecular complexity index is 2000. The zero-order valence-electron chi connectivity index (χ0n) is 28.1. The Morgan fingerprint density at radius 1 is 0.981 bits per heavy atom. The Morgan fingerprint density at radius 3 is 2.19 bits per heavy atom. The van der Waals surface area contributed by atoms with Crippen molar-refractivity contribution in [3.63, 3.8) is 0 Å². The van der Waals surface area contributed by atoms with Crippen LogP contribution in [-0.2, 0) is 44.6 Å². The van der Waals surface area contributed by atoms with Gasteiger partial charge in [0, 0.05) is 66.4 Å². The second-order valence-electron chi connectivity index (χ2n) is 13.0. The van der Waals surface area contributed by atoms with E-state index in [4.69, 9.17) is 14.2 Å². The second kappa shape index (κ2) is 14.3. The van der Waals surface area contributed by atoms with Crippen LogP contribution < -0.4 is 5.32 Å². The standard InChI is InChI=1S/C36H34N2O15/c1-16(39)36(37-14-20(34(48)49)35(50)51-10-4-9-38-24(42)7-8-25(38)43)12-19-27(23(13-36)53-26-11-21(40)22(41)15-52-26)33(47)29-28(32(19)46)30(44)17-5-2-3-6-18(17)31(29)45/h2-3,5-8,14,21-23,26,37,40-41,46-47H,4,9-13,15H2,1H3,(H,48,49)/b20-14+/t21?,22-,23+,26+,36+/m1/s1. The van der Waals surface area contributed by atoms with Crippen LogP contribution in [0, 0.1) is 0 Å². The minimum Gasteiger partial charge on any atom is -0.507 e. The number of aromatic hydroxyl groups is 2. The Kier molecular flexibility index (Phi) is 10.0. The molecular formula is C36H34N2O15. The molecule has 17 heteroatoms. The summed E-state index contributed by atoms with van der Waals surface area (Å²) in [5.74, 6) is -7.84. The van der Waals surface area contributed by atoms with Gasteiger partial charge in [0.2, 0.25) is 0 Å². The van der Waals surface area contributed by atoms with E-state index in [1.807, 2.05) is 0 Å². The van der Waals surface area contributed by atoms with Crippen molar-refractivity contribution in [3.05, 3.63) is 81.6 Å². The van der Waals surface area contributed by atoms with E-state index in [0.29, 0.717) is 0 Å². The van der Waals surface area contributed by atoms with Gasteiger partial charge >= 0.3 is 11.9 Å². The molecule has 0 saturated carbocycles. The number of carboxylic acids is 1. The summed E-state index contributed by atoms with van der Waals surface area (Å²) in [6, 6.07) is 5.80. The first-order valence-electron chi connectivity index (χ1n) is 16.5. The lowest BCUT2D eigenvalue weighted by Gasteiger charge is -2.43. The molecule has 17 nitrogen and oxygen atoms in total. The highest BCUT2D eigenvalue weighted by Gasteiger charge is 2.49. The van der Waals surface area contributed by atoms with Crippen molar-refractivity contribution in [1.82, 2.24) is 10.2 Å². The van der Waals surface area contributed by atoms with Crippen molar-refractivity contribution in [2.75, 3.05) is 19.8 Å². The van der Waals surface area contributed by atoms with Crippen LogP contribution in [0.1, 0.15) is 75.3 Å². The molecule has 0 bridgehead atoms. The Hall–Kier alpha value is -5.75. The van der Waals surface area contributed by atoms with E-state index in [1.165, 1.54) is 24.3 Å². The number of rotatable bonds is 11. The summed E-state index contributed by atoms with van der Waals surface area (Å²) in [5, 5.41) is 56.2. The van der Waals surface area contributed by atoms with Gasteiger partial charge < -0.3 is 45.1 Å². The van der Waals surface area contributed by atoms with Crippen LogP contribution in [0.25, 0.3) is 0 Å². The van der Waals surface area contributed by atoms with Gasteiger partial charge in [0.25, 0.3) is 11.8 Å². The molecule has 2 aromatic rings. The van der Waals surface area contributed by atoms with Crippen molar-refractivity contribution in [2.45, 2.75) is 62.7 Å². The SMILES string of the molecule is CC(=O)[C@]1(N/C=C(\C(=O)O)C(=O)OCCCN2C(=O)C=CC2=O)Cc2c(O)c3c(c(O)c2[C@@H](O[C@H]2CC(O)[C@H](O)CO2)C1)C(=O)c1ccccc1C3=O. The number of ether oxygens (including phenoxy) is 3. The maximum absolute atomic E-state index is 13.7. The number of carbonyl (C=O) groups is 7. The number of fused-ring (bicyclic) bond motifs is 3. The highest BCUT2D eigenvalue weighted by atomic mass is 16.7. The van der Waals surface area contributed by atoms with Crippen molar-refractivity contribution in [3.8, 4) is 11.5 Å². The molecule has 2 amide bonds. The number of nitrogens with one attached hydrogen (secondary N) is 1. The number of aliphatic hydroxyl groups is 2. The van der Waals surface area contributed by atoms with Crippen LogP contribution in [0.3, 0.4) is 0 Å². The molecular weight excluding hydrogens is 700 g/mol. The van der Waals surface area contributed by atoms with Crippen molar-refractivity contribution >= 4 is 41.1 Å². The highest BCUT2D eigenvalue weighted by Crippen LogP contribution is 2.52. The number of benzene rings is 2. The summed E-state index contributed by atoms with van der Waals surface area (Å²) < 4.78 is 16.7. The summed E-state index contributed by atoms with van der Waals surface area (Å²) in [6.45, 7) is 0.310. The summed E-state index contributed by atoms with van der Waals surface area (Å²) in [4.78, 5) is 90.4. The summed E-state index contributed by atoms with van der Waals surface area (Å²) in [5.41, 5.74) is -4.29. The Morgan fingerprint density at radius 2 is 1.60 bits per heavy atom. The van der Waals surface area contributed by atoms with Gasteiger partial charge in [0.1, 0.15) is 23.1 Å². The molecule has 4 aliphatic rings. The van der Waals surface area contributed by atoms with E-state index in [9.17, 15) is 59.1 Å². The quantitative estimate of drug-likeness (QED) is 0.0290. The van der Waals surface area contributed by atoms with Crippen LogP contribution in [0.15, 0.2) is 48.2 Å². The third-order valence-electron chi connectivity index (χ3n) is 9.72. The fraction of sp³-hybridized carbons (Fsp3) is 0.361. The van der Waals surface area contributed by atoms with E-state index in [1.54, 1.807) is 0 Å². The van der Waals surface area contributed by atoms with Crippen LogP contribution in [-0.4, -0.2) is 115 Å². The first-order chi connectivity index (χ1) is 25.1. The predicted octanol–water partition coefficient (Wildman–Crippen LogP) is 0.0895. The molecule has 278 valence electrons. The minimum atomic E-state index is -1.90. The van der Waals surface area contributed by atoms with E-state index in [2.05, 4.69) is 5.32 Å². The Balaban J connectivity index is 1.35. The number of imide groups is 1. The number of amides is 2. The third kappa shape index (κ3) is 6.70. The molecule has 6 rings (SSSR count). The summed E-state index contributed by atoms with van der Waals surface area (Å²) in [6.07, 6.45) is -3.52. The molecule has 6 N–H and O–H groups in total. The van der Waals surface area contributed by atoms with E-state index < -0.39 is 112 Å². The normalized spacial score (nSPS) is 25.1. The van der Waals surface area contributed by atoms with E-state index in [0.717, 1.165) is 30.2 Å². The average Bonchev–Trinajstić information content (AvgIpc) is 3.44. The molecule has 1 fully saturated rings. The summed E-state index contributed by atoms with van der Waals surface area (Å²) >= 11 is 0. The smallest absolute Gasteiger partial charge is 0.347 e. The number of phenols is 2. The van der Waals surface area contributed by atoms with Gasteiger partial charge in [0.05, 0.1) is 36.5 Å². The fourth-order valence-electron chi connectivity index (χ4n) is 6.85. The van der Waals surface area contributed by atoms with E-state index in [-0.39, 0.29) is 54.9 Å². The number of hydrogen-bond acceptors (Lipinski definition) is 15. The minimum absolute atomic E-state index is 0.00777. The number of ketones is 3. The van der Waals surface area contributed by atoms with Crippen LogP contribution >= 0.6 is 0 Å². The first kappa shape index (κ1) is 37.0.